The van der Waals surface area contributed by atoms with Crippen LogP contribution < -0.4 is 5.32 Å². The second-order valence-electron chi connectivity index (χ2n) is 5.38. The van der Waals surface area contributed by atoms with E-state index in [4.69, 9.17) is 0 Å². The lowest BCUT2D eigenvalue weighted by Crippen LogP contribution is -2.19. The molecule has 0 radical (unpaired) electrons. The maximum Gasteiger partial charge on any atom is 0.264 e. The van der Waals surface area contributed by atoms with Crippen LogP contribution in [-0.4, -0.2) is 25.7 Å². The molecule has 0 atom stereocenters. The van der Waals surface area contributed by atoms with Gasteiger partial charge in [0, 0.05) is 29.3 Å². The van der Waals surface area contributed by atoms with E-state index >= 15 is 0 Å². The van der Waals surface area contributed by atoms with Gasteiger partial charge in [0.05, 0.1) is 11.1 Å². The van der Waals surface area contributed by atoms with Crippen LogP contribution in [0.5, 0.6) is 0 Å². The van der Waals surface area contributed by atoms with E-state index in [1.165, 1.54) is 10.7 Å². The summed E-state index contributed by atoms with van der Waals surface area (Å²) in [6.45, 7) is 3.14. The number of aromatic nitrogens is 4. The topological polar surface area (TPSA) is 72.7 Å². The van der Waals surface area contributed by atoms with Crippen molar-refractivity contribution in [1.82, 2.24) is 19.7 Å². The van der Waals surface area contributed by atoms with E-state index < -0.39 is 6.43 Å². The zero-order valence-corrected chi connectivity index (χ0v) is 13.1. The maximum atomic E-state index is 13.3. The number of alkyl halides is 2. The number of rotatable bonds is 4. The number of nitrogens with one attached hydrogen (secondary N) is 1. The van der Waals surface area contributed by atoms with Gasteiger partial charge in [-0.1, -0.05) is 0 Å². The predicted octanol–water partition coefficient (Wildman–Crippen LogP) is 3.02. The van der Waals surface area contributed by atoms with E-state index in [-0.39, 0.29) is 23.7 Å². The zero-order valence-electron chi connectivity index (χ0n) is 13.1. The molecule has 1 amide bonds. The van der Waals surface area contributed by atoms with Crippen LogP contribution in [-0.2, 0) is 11.3 Å². The van der Waals surface area contributed by atoms with Crippen molar-refractivity contribution >= 4 is 22.6 Å². The molecule has 1 N–H and O–H groups in total. The highest BCUT2D eigenvalue weighted by molar-refractivity contribution is 5.91. The average molecular weight is 331 g/mol. The Kier molecular flexibility index (Phi) is 4.20. The molecule has 0 aliphatic rings. The second-order valence-corrected chi connectivity index (χ2v) is 5.38. The molecule has 0 aromatic carbocycles. The molecule has 3 rings (SSSR count). The summed E-state index contributed by atoms with van der Waals surface area (Å²) in [4.78, 5) is 20.3. The summed E-state index contributed by atoms with van der Waals surface area (Å²) in [6, 6.07) is 4.66. The summed E-state index contributed by atoms with van der Waals surface area (Å²) in [6.07, 6.45) is 0.488. The van der Waals surface area contributed by atoms with Crippen molar-refractivity contribution in [2.45, 2.75) is 26.8 Å². The molecule has 0 saturated heterocycles. The van der Waals surface area contributed by atoms with Gasteiger partial charge in [-0.15, -0.1) is 0 Å². The number of amides is 1. The summed E-state index contributed by atoms with van der Waals surface area (Å²) in [5, 5.41) is 7.20. The maximum absolute atomic E-state index is 13.3. The summed E-state index contributed by atoms with van der Waals surface area (Å²) in [5.41, 5.74) is 1.64. The molecular formula is C16H15F2N5O. The Hall–Kier alpha value is -2.90. The molecule has 3 aromatic heterocycles. The minimum absolute atomic E-state index is 0.115. The highest BCUT2D eigenvalue weighted by Crippen LogP contribution is 2.29. The summed E-state index contributed by atoms with van der Waals surface area (Å²) in [5.74, 6) is -0.326. The van der Waals surface area contributed by atoms with Crippen molar-refractivity contribution in [3.05, 3.63) is 47.5 Å². The summed E-state index contributed by atoms with van der Waals surface area (Å²) >= 11 is 0. The van der Waals surface area contributed by atoms with E-state index in [9.17, 15) is 13.6 Å². The van der Waals surface area contributed by atoms with Crippen molar-refractivity contribution in [3.63, 3.8) is 0 Å². The lowest BCUT2D eigenvalue weighted by atomic mass is 10.1. The fourth-order valence-corrected chi connectivity index (χ4v) is 2.57. The summed E-state index contributed by atoms with van der Waals surface area (Å²) < 4.78 is 27.9. The van der Waals surface area contributed by atoms with Crippen LogP contribution in [0.25, 0.3) is 11.0 Å². The monoisotopic (exact) mass is 331 g/mol. The van der Waals surface area contributed by atoms with Crippen LogP contribution in [0.15, 0.2) is 30.6 Å². The number of halogens is 2. The molecule has 0 spiro atoms. The fraction of sp³-hybridized carbons (Fsp3) is 0.250. The minimum atomic E-state index is -2.63. The van der Waals surface area contributed by atoms with Crippen LogP contribution >= 0.6 is 0 Å². The highest BCUT2D eigenvalue weighted by Gasteiger charge is 2.20. The van der Waals surface area contributed by atoms with Gasteiger partial charge in [-0.2, -0.15) is 5.10 Å². The number of fused-ring (bicyclic) bond motifs is 1. The Morgan fingerprint density at radius 2 is 2.00 bits per heavy atom. The predicted molar refractivity (Wildman–Crippen MR) is 84.8 cm³/mol. The van der Waals surface area contributed by atoms with Gasteiger partial charge in [0.1, 0.15) is 6.54 Å². The molecule has 24 heavy (non-hydrogen) atoms. The quantitative estimate of drug-likeness (QED) is 0.797. The van der Waals surface area contributed by atoms with Gasteiger partial charge in [0.15, 0.2) is 5.65 Å². The van der Waals surface area contributed by atoms with E-state index in [0.717, 1.165) is 0 Å². The normalized spacial score (nSPS) is 11.2. The third-order valence-corrected chi connectivity index (χ3v) is 3.53. The van der Waals surface area contributed by atoms with E-state index in [2.05, 4.69) is 20.4 Å². The van der Waals surface area contributed by atoms with Crippen molar-refractivity contribution in [3.8, 4) is 0 Å². The number of hydrogen-bond donors (Lipinski definition) is 1. The van der Waals surface area contributed by atoms with Gasteiger partial charge in [-0.25, -0.2) is 18.4 Å². The molecule has 3 heterocycles. The Bertz CT molecular complexity index is 892. The third-order valence-electron chi connectivity index (χ3n) is 3.53. The fourth-order valence-electron chi connectivity index (χ4n) is 2.57. The first-order valence-corrected chi connectivity index (χ1v) is 7.28. The molecule has 0 aliphatic heterocycles. The lowest BCUT2D eigenvalue weighted by Gasteiger charge is -2.07. The number of carbonyl (C=O) groups excluding carboxylic acids is 1. The lowest BCUT2D eigenvalue weighted by molar-refractivity contribution is -0.116. The zero-order chi connectivity index (χ0) is 17.3. The van der Waals surface area contributed by atoms with Gasteiger partial charge in [-0.05, 0) is 32.0 Å². The molecule has 0 fully saturated rings. The Balaban J connectivity index is 1.94. The van der Waals surface area contributed by atoms with Crippen LogP contribution in [0.3, 0.4) is 0 Å². The van der Waals surface area contributed by atoms with E-state index in [0.29, 0.717) is 22.5 Å². The van der Waals surface area contributed by atoms with Crippen molar-refractivity contribution in [2.75, 3.05) is 5.32 Å². The highest BCUT2D eigenvalue weighted by atomic mass is 19.3. The minimum Gasteiger partial charge on any atom is -0.324 e. The Labute approximate surface area is 136 Å². The Morgan fingerprint density at radius 3 is 2.67 bits per heavy atom. The van der Waals surface area contributed by atoms with Crippen molar-refractivity contribution in [2.24, 2.45) is 0 Å². The molecule has 0 unspecified atom stereocenters. The van der Waals surface area contributed by atoms with Gasteiger partial charge in [-0.3, -0.25) is 9.78 Å². The number of hydrogen-bond acceptors (Lipinski definition) is 4. The molecule has 124 valence electrons. The summed E-state index contributed by atoms with van der Waals surface area (Å²) in [7, 11) is 0. The second kappa shape index (κ2) is 6.31. The first-order valence-electron chi connectivity index (χ1n) is 7.28. The number of anilines is 1. The van der Waals surface area contributed by atoms with Gasteiger partial charge < -0.3 is 5.32 Å². The standard InChI is InChI=1S/C16H15F2N5O/c1-9-7-12(15(17)18)14-10(2)22-23(16(14)20-9)8-13(24)21-11-3-5-19-6-4-11/h3-7,15H,8H2,1-2H3,(H,19,21,24). The van der Waals surface area contributed by atoms with Crippen molar-refractivity contribution in [1.29, 1.82) is 0 Å². The largest absolute Gasteiger partial charge is 0.324 e. The molecule has 6 nitrogen and oxygen atoms in total. The average Bonchev–Trinajstić information content (AvgIpc) is 2.83. The van der Waals surface area contributed by atoms with Gasteiger partial charge in [0.25, 0.3) is 6.43 Å². The number of nitrogens with zero attached hydrogens (tertiary/aromatic N) is 4. The van der Waals surface area contributed by atoms with Crippen LogP contribution in [0.1, 0.15) is 23.4 Å². The van der Waals surface area contributed by atoms with Crippen LogP contribution in [0, 0.1) is 13.8 Å². The first-order chi connectivity index (χ1) is 11.5. The molecular weight excluding hydrogens is 316 g/mol. The smallest absolute Gasteiger partial charge is 0.264 e. The number of carbonyl (C=O) groups is 1. The third kappa shape index (κ3) is 3.08. The molecule has 0 saturated carbocycles. The van der Waals surface area contributed by atoms with Gasteiger partial charge >= 0.3 is 0 Å². The van der Waals surface area contributed by atoms with Gasteiger partial charge in [0.2, 0.25) is 5.91 Å². The Morgan fingerprint density at radius 1 is 1.29 bits per heavy atom. The molecule has 8 heteroatoms. The number of pyridine rings is 2. The molecule has 3 aromatic rings. The first kappa shape index (κ1) is 16.0. The van der Waals surface area contributed by atoms with Crippen molar-refractivity contribution < 1.29 is 13.6 Å². The van der Waals surface area contributed by atoms with E-state index in [1.54, 1.807) is 38.4 Å². The molecule has 0 bridgehead atoms. The molecule has 0 aliphatic carbocycles. The number of aryl methyl sites for hydroxylation is 2. The van der Waals surface area contributed by atoms with Crippen LogP contribution in [0.2, 0.25) is 0 Å². The van der Waals surface area contributed by atoms with Crippen LogP contribution in [0.4, 0.5) is 14.5 Å². The SMILES string of the molecule is Cc1cc(C(F)F)c2c(C)nn(CC(=O)Nc3ccncc3)c2n1. The van der Waals surface area contributed by atoms with E-state index in [1.807, 2.05) is 0 Å².